The van der Waals surface area contributed by atoms with Crippen molar-refractivity contribution < 1.29 is 0 Å². The van der Waals surface area contributed by atoms with Gasteiger partial charge in [-0.25, -0.2) is 0 Å². The summed E-state index contributed by atoms with van der Waals surface area (Å²) in [6, 6.07) is 10.3. The zero-order valence-electron chi connectivity index (χ0n) is 11.7. The minimum absolute atomic E-state index is 0.126. The molecule has 1 aromatic rings. The Morgan fingerprint density at radius 3 is 1.81 bits per heavy atom. The molecule has 0 amide bonds. The molecule has 0 spiro atoms. The number of hydrogen-bond donors (Lipinski definition) is 1. The van der Waals surface area contributed by atoms with E-state index in [9.17, 15) is 0 Å². The molecule has 2 heteroatoms. The predicted molar refractivity (Wildman–Crippen MR) is 74.6 cm³/mol. The van der Waals surface area contributed by atoms with Crippen molar-refractivity contribution >= 4 is 0 Å². The maximum absolute atomic E-state index is 5.95. The Hall–Kier alpha value is -0.860. The number of likely N-dealkylation sites (N-methyl/N-ethyl adjacent to an activating group) is 1. The largest absolute Gasteiger partial charge is 0.323 e. The van der Waals surface area contributed by atoms with Crippen molar-refractivity contribution in [2.45, 2.75) is 33.7 Å². The summed E-state index contributed by atoms with van der Waals surface area (Å²) in [7, 11) is 4.06. The monoisotopic (exact) mass is 224 g/mol. The van der Waals surface area contributed by atoms with E-state index in [1.807, 2.05) is 60.0 Å². The van der Waals surface area contributed by atoms with Crippen molar-refractivity contribution in [1.82, 2.24) is 4.90 Å². The molecule has 0 bridgehead atoms. The smallest absolute Gasteiger partial charge is 0.0424 e. The molecule has 94 valence electrons. The second-order valence-electron chi connectivity index (χ2n) is 3.28. The van der Waals surface area contributed by atoms with Crippen LogP contribution in [0, 0.1) is 0 Å². The van der Waals surface area contributed by atoms with E-state index in [1.165, 1.54) is 5.56 Å². The first kappa shape index (κ1) is 17.5. The molecule has 2 nitrogen and oxygen atoms in total. The van der Waals surface area contributed by atoms with E-state index in [0.29, 0.717) is 0 Å². The maximum Gasteiger partial charge on any atom is 0.0424 e. The van der Waals surface area contributed by atoms with Gasteiger partial charge >= 0.3 is 0 Å². The zero-order valence-corrected chi connectivity index (χ0v) is 11.7. The third-order valence-corrected chi connectivity index (χ3v) is 1.79. The van der Waals surface area contributed by atoms with Crippen molar-refractivity contribution in [1.29, 1.82) is 0 Å². The molecule has 1 atom stereocenters. The summed E-state index contributed by atoms with van der Waals surface area (Å²) in [4.78, 5) is 2.09. The average molecular weight is 224 g/mol. The molecule has 0 aromatic heterocycles. The Bertz CT molecular complexity index is 219. The second kappa shape index (κ2) is 12.2. The van der Waals surface area contributed by atoms with Crippen LogP contribution in [0.25, 0.3) is 0 Å². The first-order valence-electron chi connectivity index (χ1n) is 6.15. The molecule has 16 heavy (non-hydrogen) atoms. The number of nitrogens with zero attached hydrogens (tertiary/aromatic N) is 1. The number of benzene rings is 1. The Kier molecular flexibility index (Phi) is 13.4. The van der Waals surface area contributed by atoms with Crippen LogP contribution >= 0.6 is 0 Å². The Balaban J connectivity index is 0. The van der Waals surface area contributed by atoms with Crippen LogP contribution in [0.15, 0.2) is 30.3 Å². The van der Waals surface area contributed by atoms with Crippen molar-refractivity contribution in [2.24, 2.45) is 5.73 Å². The maximum atomic E-state index is 5.95. The van der Waals surface area contributed by atoms with E-state index in [1.54, 1.807) is 0 Å². The normalized spacial score (nSPS) is 10.8. The molecular weight excluding hydrogens is 196 g/mol. The van der Waals surface area contributed by atoms with Gasteiger partial charge in [-0.15, -0.1) is 0 Å². The fourth-order valence-corrected chi connectivity index (χ4v) is 1.20. The lowest BCUT2D eigenvalue weighted by atomic mass is 10.1. The Morgan fingerprint density at radius 1 is 1.00 bits per heavy atom. The van der Waals surface area contributed by atoms with Crippen LogP contribution in [0.3, 0.4) is 0 Å². The van der Waals surface area contributed by atoms with Crippen LogP contribution in [0.4, 0.5) is 0 Å². The SMILES string of the molecule is CC.CC.CN(C)CC(N)c1ccccc1. The zero-order chi connectivity index (χ0) is 13.0. The Labute approximate surface area is 101 Å². The molecule has 0 heterocycles. The van der Waals surface area contributed by atoms with Crippen LogP contribution in [0.2, 0.25) is 0 Å². The first-order valence-corrected chi connectivity index (χ1v) is 6.15. The van der Waals surface area contributed by atoms with E-state index in [-0.39, 0.29) is 6.04 Å². The van der Waals surface area contributed by atoms with E-state index in [0.717, 1.165) is 6.54 Å². The first-order chi connectivity index (χ1) is 7.70. The molecule has 0 aliphatic carbocycles. The standard InChI is InChI=1S/C10H16N2.2C2H6/c1-12(2)8-10(11)9-6-4-3-5-7-9;2*1-2/h3-7,10H,8,11H2,1-2H3;2*1-2H3. The lowest BCUT2D eigenvalue weighted by molar-refractivity contribution is 0.376. The summed E-state index contributed by atoms with van der Waals surface area (Å²) in [5, 5.41) is 0. The summed E-state index contributed by atoms with van der Waals surface area (Å²) < 4.78 is 0. The van der Waals surface area contributed by atoms with Crippen molar-refractivity contribution in [3.05, 3.63) is 35.9 Å². The summed E-state index contributed by atoms with van der Waals surface area (Å²) in [5.74, 6) is 0. The third-order valence-electron chi connectivity index (χ3n) is 1.79. The highest BCUT2D eigenvalue weighted by Crippen LogP contribution is 2.09. The fourth-order valence-electron chi connectivity index (χ4n) is 1.20. The van der Waals surface area contributed by atoms with Crippen molar-refractivity contribution in [3.63, 3.8) is 0 Å². The lowest BCUT2D eigenvalue weighted by Gasteiger charge is -2.16. The third kappa shape index (κ3) is 8.45. The van der Waals surface area contributed by atoms with Crippen molar-refractivity contribution in [3.8, 4) is 0 Å². The molecular formula is C14H28N2. The van der Waals surface area contributed by atoms with Gasteiger partial charge in [0.25, 0.3) is 0 Å². The van der Waals surface area contributed by atoms with Gasteiger partial charge in [-0.2, -0.15) is 0 Å². The topological polar surface area (TPSA) is 29.3 Å². The molecule has 1 aromatic carbocycles. The van der Waals surface area contributed by atoms with Gasteiger partial charge in [0.05, 0.1) is 0 Å². The quantitative estimate of drug-likeness (QED) is 0.853. The van der Waals surface area contributed by atoms with Crippen LogP contribution in [0.1, 0.15) is 39.3 Å². The minimum atomic E-state index is 0.126. The van der Waals surface area contributed by atoms with Crippen LogP contribution in [-0.4, -0.2) is 25.5 Å². The lowest BCUT2D eigenvalue weighted by Crippen LogP contribution is -2.25. The molecule has 0 fully saturated rings. The van der Waals surface area contributed by atoms with Gasteiger partial charge in [-0.05, 0) is 19.7 Å². The summed E-state index contributed by atoms with van der Waals surface area (Å²) in [5.41, 5.74) is 7.15. The van der Waals surface area contributed by atoms with Gasteiger partial charge < -0.3 is 10.6 Å². The van der Waals surface area contributed by atoms with Crippen LogP contribution in [0.5, 0.6) is 0 Å². The molecule has 2 N–H and O–H groups in total. The van der Waals surface area contributed by atoms with Gasteiger partial charge in [0.15, 0.2) is 0 Å². The number of hydrogen-bond acceptors (Lipinski definition) is 2. The van der Waals surface area contributed by atoms with E-state index in [4.69, 9.17) is 5.73 Å². The van der Waals surface area contributed by atoms with Gasteiger partial charge in [0, 0.05) is 12.6 Å². The van der Waals surface area contributed by atoms with E-state index in [2.05, 4.69) is 17.0 Å². The van der Waals surface area contributed by atoms with Gasteiger partial charge in [0.2, 0.25) is 0 Å². The summed E-state index contributed by atoms with van der Waals surface area (Å²) in [6.07, 6.45) is 0. The highest BCUT2D eigenvalue weighted by Gasteiger charge is 2.04. The second-order valence-corrected chi connectivity index (χ2v) is 3.28. The fraction of sp³-hybridized carbons (Fsp3) is 0.571. The minimum Gasteiger partial charge on any atom is -0.323 e. The van der Waals surface area contributed by atoms with Gasteiger partial charge in [-0.3, -0.25) is 0 Å². The molecule has 0 saturated heterocycles. The molecule has 0 aliphatic heterocycles. The average Bonchev–Trinajstić information content (AvgIpc) is 2.34. The number of nitrogens with two attached hydrogens (primary N) is 1. The molecule has 0 radical (unpaired) electrons. The number of rotatable bonds is 3. The van der Waals surface area contributed by atoms with Crippen LogP contribution in [-0.2, 0) is 0 Å². The van der Waals surface area contributed by atoms with E-state index >= 15 is 0 Å². The highest BCUT2D eigenvalue weighted by molar-refractivity contribution is 5.18. The predicted octanol–water partition coefficient (Wildman–Crippen LogP) is 3.30. The molecule has 1 unspecified atom stereocenters. The molecule has 0 saturated carbocycles. The van der Waals surface area contributed by atoms with Gasteiger partial charge in [-0.1, -0.05) is 58.0 Å². The van der Waals surface area contributed by atoms with Gasteiger partial charge in [0.1, 0.15) is 0 Å². The summed E-state index contributed by atoms with van der Waals surface area (Å²) >= 11 is 0. The molecule has 1 rings (SSSR count). The molecule has 0 aliphatic rings. The van der Waals surface area contributed by atoms with Crippen molar-refractivity contribution in [2.75, 3.05) is 20.6 Å². The van der Waals surface area contributed by atoms with Crippen LogP contribution < -0.4 is 5.73 Å². The highest BCUT2D eigenvalue weighted by atomic mass is 15.1. The summed E-state index contributed by atoms with van der Waals surface area (Å²) in [6.45, 7) is 8.89. The van der Waals surface area contributed by atoms with E-state index < -0.39 is 0 Å². The Morgan fingerprint density at radius 2 is 1.44 bits per heavy atom.